The molecule has 0 aliphatic carbocycles. The minimum absolute atomic E-state index is 0.604. The monoisotopic (exact) mass is 310 g/mol. The number of benzene rings is 2. The quantitative estimate of drug-likeness (QED) is 0.846. The molecule has 3 heteroatoms. The first-order chi connectivity index (χ1) is 11.0. The van der Waals surface area contributed by atoms with E-state index in [4.69, 9.17) is 9.47 Å². The zero-order valence-corrected chi connectivity index (χ0v) is 14.0. The Labute approximate surface area is 137 Å². The molecule has 0 fully saturated rings. The summed E-state index contributed by atoms with van der Waals surface area (Å²) in [5, 5.41) is 11.5. The Bertz CT molecular complexity index is 689. The number of methoxy groups -OCH3 is 2. The highest BCUT2D eigenvalue weighted by Gasteiger charge is 2.34. The molecule has 1 N–H and O–H groups in total. The average molecular weight is 310 g/mol. The van der Waals surface area contributed by atoms with E-state index in [0.29, 0.717) is 22.6 Å². The van der Waals surface area contributed by atoms with Crippen molar-refractivity contribution in [1.29, 1.82) is 0 Å². The molecular weight excluding hydrogens is 288 g/mol. The molecule has 0 aliphatic heterocycles. The van der Waals surface area contributed by atoms with Gasteiger partial charge in [-0.1, -0.05) is 36.4 Å². The summed E-state index contributed by atoms with van der Waals surface area (Å²) in [6.07, 6.45) is 1.65. The fourth-order valence-corrected chi connectivity index (χ4v) is 2.47. The summed E-state index contributed by atoms with van der Waals surface area (Å²) in [6, 6.07) is 14.8. The van der Waals surface area contributed by atoms with Crippen molar-refractivity contribution < 1.29 is 14.6 Å². The molecule has 3 nitrogen and oxygen atoms in total. The van der Waals surface area contributed by atoms with Gasteiger partial charge in [0.25, 0.3) is 0 Å². The third kappa shape index (κ3) is 3.48. The van der Waals surface area contributed by atoms with Crippen LogP contribution in [0, 0.1) is 0 Å². The predicted molar refractivity (Wildman–Crippen MR) is 91.9 cm³/mol. The molecule has 0 unspecified atom stereocenters. The number of hydrogen-bond donors (Lipinski definition) is 1. The first-order valence-corrected chi connectivity index (χ1v) is 7.43. The Kier molecular flexibility index (Phi) is 5.28. The number of rotatable bonds is 5. The van der Waals surface area contributed by atoms with E-state index in [1.165, 1.54) is 0 Å². The van der Waals surface area contributed by atoms with Crippen LogP contribution in [0.4, 0.5) is 0 Å². The zero-order chi connectivity index (χ0) is 16.9. The van der Waals surface area contributed by atoms with Crippen LogP contribution in [0.15, 0.2) is 65.9 Å². The molecule has 0 atom stereocenters. The Morgan fingerprint density at radius 2 is 1.35 bits per heavy atom. The van der Waals surface area contributed by atoms with Crippen LogP contribution >= 0.6 is 0 Å². The maximum absolute atomic E-state index is 11.5. The van der Waals surface area contributed by atoms with Gasteiger partial charge in [-0.3, -0.25) is 0 Å². The standard InChI is InChI=1S/C20H22O3/c1-15(2)13-14-20(21,16-9-5-7-11-18(16)22-3)17-10-6-8-12-19(17)23-4/h5-12,14,21H,1-4H3. The molecule has 0 heterocycles. The van der Waals surface area contributed by atoms with E-state index in [0.717, 1.165) is 5.57 Å². The van der Waals surface area contributed by atoms with E-state index in [1.54, 1.807) is 20.3 Å². The van der Waals surface area contributed by atoms with Crippen LogP contribution in [0.3, 0.4) is 0 Å². The lowest BCUT2D eigenvalue weighted by atomic mass is 9.85. The van der Waals surface area contributed by atoms with Gasteiger partial charge in [-0.05, 0) is 37.6 Å². The van der Waals surface area contributed by atoms with E-state index in [9.17, 15) is 5.11 Å². The lowest BCUT2D eigenvalue weighted by Crippen LogP contribution is -2.26. The molecule has 0 aromatic heterocycles. The summed E-state index contributed by atoms with van der Waals surface area (Å²) in [6.45, 7) is 3.86. The summed E-state index contributed by atoms with van der Waals surface area (Å²) in [5.74, 6) is 1.21. The van der Waals surface area contributed by atoms with Crippen LogP contribution in [0.5, 0.6) is 11.5 Å². The van der Waals surface area contributed by atoms with Crippen molar-refractivity contribution >= 4 is 0 Å². The van der Waals surface area contributed by atoms with Crippen molar-refractivity contribution in [2.75, 3.05) is 14.2 Å². The SMILES string of the molecule is COc1ccccc1C(O)(C=C=C(C)C)c1ccccc1OC. The maximum atomic E-state index is 11.5. The number of hydrogen-bond acceptors (Lipinski definition) is 3. The highest BCUT2D eigenvalue weighted by atomic mass is 16.5. The third-order valence-corrected chi connectivity index (χ3v) is 3.60. The molecule has 23 heavy (non-hydrogen) atoms. The number of aliphatic hydroxyl groups is 1. The first kappa shape index (κ1) is 16.9. The van der Waals surface area contributed by atoms with E-state index < -0.39 is 5.60 Å². The van der Waals surface area contributed by atoms with E-state index in [2.05, 4.69) is 5.73 Å². The number of ether oxygens (including phenoxy) is 2. The zero-order valence-electron chi connectivity index (χ0n) is 14.0. The van der Waals surface area contributed by atoms with Gasteiger partial charge in [0.05, 0.1) is 14.2 Å². The molecule has 0 spiro atoms. The molecule has 120 valence electrons. The Balaban J connectivity index is 2.79. The van der Waals surface area contributed by atoms with Gasteiger partial charge < -0.3 is 14.6 Å². The van der Waals surface area contributed by atoms with Crippen molar-refractivity contribution in [2.45, 2.75) is 19.4 Å². The van der Waals surface area contributed by atoms with Crippen molar-refractivity contribution in [1.82, 2.24) is 0 Å². The van der Waals surface area contributed by atoms with E-state index >= 15 is 0 Å². The smallest absolute Gasteiger partial charge is 0.148 e. The Morgan fingerprint density at radius 1 is 0.913 bits per heavy atom. The lowest BCUT2D eigenvalue weighted by Gasteiger charge is -2.28. The summed E-state index contributed by atoms with van der Waals surface area (Å²) < 4.78 is 10.9. The second-order valence-electron chi connectivity index (χ2n) is 5.46. The average Bonchev–Trinajstić information content (AvgIpc) is 2.59. The van der Waals surface area contributed by atoms with Crippen molar-refractivity contribution in [3.05, 3.63) is 77.0 Å². The van der Waals surface area contributed by atoms with Crippen LogP contribution in [0.25, 0.3) is 0 Å². The maximum Gasteiger partial charge on any atom is 0.148 e. The van der Waals surface area contributed by atoms with Crippen molar-refractivity contribution in [3.63, 3.8) is 0 Å². The molecule has 2 aromatic rings. The van der Waals surface area contributed by atoms with Gasteiger partial charge in [0.2, 0.25) is 0 Å². The summed E-state index contributed by atoms with van der Waals surface area (Å²) in [4.78, 5) is 0. The van der Waals surface area contributed by atoms with Crippen molar-refractivity contribution in [2.24, 2.45) is 0 Å². The van der Waals surface area contributed by atoms with Crippen LogP contribution in [-0.2, 0) is 5.60 Å². The third-order valence-electron chi connectivity index (χ3n) is 3.60. The first-order valence-electron chi connectivity index (χ1n) is 7.43. The van der Waals surface area contributed by atoms with E-state index in [1.807, 2.05) is 62.4 Å². The molecule has 0 saturated carbocycles. The van der Waals surface area contributed by atoms with Gasteiger partial charge >= 0.3 is 0 Å². The van der Waals surface area contributed by atoms with Crippen LogP contribution in [0.2, 0.25) is 0 Å². The van der Waals surface area contributed by atoms with Crippen LogP contribution < -0.4 is 9.47 Å². The van der Waals surface area contributed by atoms with Gasteiger partial charge in [0.15, 0.2) is 0 Å². The highest BCUT2D eigenvalue weighted by molar-refractivity contribution is 5.52. The minimum Gasteiger partial charge on any atom is -0.496 e. The normalized spacial score (nSPS) is 10.7. The molecule has 0 amide bonds. The largest absolute Gasteiger partial charge is 0.496 e. The summed E-state index contributed by atoms with van der Waals surface area (Å²) >= 11 is 0. The van der Waals surface area contributed by atoms with Crippen molar-refractivity contribution in [3.8, 4) is 11.5 Å². The molecule has 0 aliphatic rings. The van der Waals surface area contributed by atoms with E-state index in [-0.39, 0.29) is 0 Å². The predicted octanol–water partition coefficient (Wildman–Crippen LogP) is 4.06. The number of para-hydroxylation sites is 2. The second-order valence-corrected chi connectivity index (χ2v) is 5.46. The van der Waals surface area contributed by atoms with Gasteiger partial charge in [0, 0.05) is 11.1 Å². The van der Waals surface area contributed by atoms with Gasteiger partial charge in [-0.2, -0.15) is 0 Å². The second kappa shape index (κ2) is 7.19. The molecular formula is C20H22O3. The molecule has 2 rings (SSSR count). The van der Waals surface area contributed by atoms with Gasteiger partial charge in [-0.25, -0.2) is 0 Å². The Hall–Kier alpha value is -2.48. The van der Waals surface area contributed by atoms with Gasteiger partial charge in [0.1, 0.15) is 17.1 Å². The van der Waals surface area contributed by atoms with Gasteiger partial charge in [-0.15, -0.1) is 5.73 Å². The fourth-order valence-electron chi connectivity index (χ4n) is 2.47. The summed E-state index contributed by atoms with van der Waals surface area (Å²) in [5.41, 5.74) is 3.96. The molecule has 0 saturated heterocycles. The molecule has 0 radical (unpaired) electrons. The molecule has 0 bridgehead atoms. The lowest BCUT2D eigenvalue weighted by molar-refractivity contribution is 0.127. The minimum atomic E-state index is -1.41. The Morgan fingerprint density at radius 3 is 1.74 bits per heavy atom. The fraction of sp³-hybridized carbons (Fsp3) is 0.250. The van der Waals surface area contributed by atoms with Crippen LogP contribution in [0.1, 0.15) is 25.0 Å². The topological polar surface area (TPSA) is 38.7 Å². The highest BCUT2D eigenvalue weighted by Crippen LogP contribution is 2.40. The summed E-state index contributed by atoms with van der Waals surface area (Å²) in [7, 11) is 3.18. The molecule has 2 aromatic carbocycles. The van der Waals surface area contributed by atoms with Crippen LogP contribution in [-0.4, -0.2) is 19.3 Å².